The lowest BCUT2D eigenvalue weighted by Crippen LogP contribution is -2.18. The molecule has 0 aromatic heterocycles. The lowest BCUT2D eigenvalue weighted by molar-refractivity contribution is 0.584. The van der Waals surface area contributed by atoms with Crippen LogP contribution in [0.4, 0.5) is 0 Å². The average molecular weight is 339 g/mol. The summed E-state index contributed by atoms with van der Waals surface area (Å²) in [6.07, 6.45) is 1.45. The predicted molar refractivity (Wildman–Crippen MR) is 78.5 cm³/mol. The standard InChI is InChI=1S/C13H11BrN2O2S/c14-12-8-6-11(7-9-12)10-15-16-19(17,18)13-4-2-1-3-5-13/h1-10,16H. The van der Waals surface area contributed by atoms with Crippen LogP contribution in [0.2, 0.25) is 0 Å². The lowest BCUT2D eigenvalue weighted by Gasteiger charge is -2.02. The van der Waals surface area contributed by atoms with Crippen molar-refractivity contribution in [2.45, 2.75) is 4.90 Å². The Morgan fingerprint density at radius 3 is 2.26 bits per heavy atom. The number of hydrogen-bond donors (Lipinski definition) is 1. The number of hydrogen-bond acceptors (Lipinski definition) is 3. The van der Waals surface area contributed by atoms with Gasteiger partial charge < -0.3 is 0 Å². The van der Waals surface area contributed by atoms with E-state index in [0.717, 1.165) is 10.0 Å². The molecular formula is C13H11BrN2O2S. The van der Waals surface area contributed by atoms with Gasteiger partial charge in [-0.1, -0.05) is 46.3 Å². The van der Waals surface area contributed by atoms with Crippen LogP contribution in [0, 0.1) is 0 Å². The van der Waals surface area contributed by atoms with E-state index in [9.17, 15) is 8.42 Å². The fourth-order valence-electron chi connectivity index (χ4n) is 1.37. The van der Waals surface area contributed by atoms with Gasteiger partial charge >= 0.3 is 0 Å². The molecule has 2 aromatic rings. The summed E-state index contributed by atoms with van der Waals surface area (Å²) in [6.45, 7) is 0. The first-order chi connectivity index (χ1) is 9.08. The third-order valence-corrected chi connectivity index (χ3v) is 4.08. The monoisotopic (exact) mass is 338 g/mol. The van der Waals surface area contributed by atoms with Gasteiger partial charge in [0.25, 0.3) is 10.0 Å². The molecule has 0 fully saturated rings. The summed E-state index contributed by atoms with van der Waals surface area (Å²) in [4.78, 5) is 2.35. The smallest absolute Gasteiger partial charge is 0.200 e. The van der Waals surface area contributed by atoms with Crippen LogP contribution in [0.15, 0.2) is 69.1 Å². The second kappa shape index (κ2) is 5.99. The molecule has 0 spiro atoms. The van der Waals surface area contributed by atoms with E-state index in [4.69, 9.17) is 0 Å². The van der Waals surface area contributed by atoms with Gasteiger partial charge in [-0.05, 0) is 29.8 Å². The maximum absolute atomic E-state index is 11.8. The van der Waals surface area contributed by atoms with Gasteiger partial charge in [-0.2, -0.15) is 13.5 Å². The molecule has 98 valence electrons. The van der Waals surface area contributed by atoms with Crippen LogP contribution in [0.5, 0.6) is 0 Å². The Bertz CT molecular complexity index is 668. The molecule has 0 aliphatic carbocycles. The van der Waals surface area contributed by atoms with E-state index in [0.29, 0.717) is 0 Å². The van der Waals surface area contributed by atoms with Crippen LogP contribution in [0.1, 0.15) is 5.56 Å². The first-order valence-electron chi connectivity index (χ1n) is 5.43. The van der Waals surface area contributed by atoms with E-state index in [1.165, 1.54) is 18.3 Å². The Labute approximate surface area is 120 Å². The third kappa shape index (κ3) is 3.90. The summed E-state index contributed by atoms with van der Waals surface area (Å²) in [7, 11) is -3.60. The fourth-order valence-corrected chi connectivity index (χ4v) is 2.45. The first kappa shape index (κ1) is 13.8. The summed E-state index contributed by atoms with van der Waals surface area (Å²) in [6, 6.07) is 15.5. The minimum Gasteiger partial charge on any atom is -0.200 e. The van der Waals surface area contributed by atoms with Gasteiger partial charge in [0.1, 0.15) is 0 Å². The van der Waals surface area contributed by atoms with Crippen molar-refractivity contribution < 1.29 is 8.42 Å². The summed E-state index contributed by atoms with van der Waals surface area (Å²) >= 11 is 3.32. The second-order valence-corrected chi connectivity index (χ2v) is 6.29. The van der Waals surface area contributed by atoms with Crippen molar-refractivity contribution in [3.05, 3.63) is 64.6 Å². The zero-order chi connectivity index (χ0) is 13.7. The molecule has 2 aromatic carbocycles. The molecule has 0 saturated heterocycles. The SMILES string of the molecule is O=S(=O)(NN=Cc1ccc(Br)cc1)c1ccccc1. The average Bonchev–Trinajstić information content (AvgIpc) is 2.42. The van der Waals surface area contributed by atoms with E-state index in [1.54, 1.807) is 18.2 Å². The number of hydrazone groups is 1. The van der Waals surface area contributed by atoms with Crippen LogP contribution in [-0.2, 0) is 10.0 Å². The van der Waals surface area contributed by atoms with E-state index >= 15 is 0 Å². The number of nitrogens with zero attached hydrogens (tertiary/aromatic N) is 1. The zero-order valence-electron chi connectivity index (χ0n) is 9.82. The van der Waals surface area contributed by atoms with E-state index in [2.05, 4.69) is 25.9 Å². The van der Waals surface area contributed by atoms with Crippen molar-refractivity contribution in [2.75, 3.05) is 0 Å². The maximum atomic E-state index is 11.8. The number of benzene rings is 2. The maximum Gasteiger partial charge on any atom is 0.276 e. The molecule has 6 heteroatoms. The van der Waals surface area contributed by atoms with Crippen LogP contribution in [0.3, 0.4) is 0 Å². The van der Waals surface area contributed by atoms with Crippen LogP contribution in [0.25, 0.3) is 0 Å². The van der Waals surface area contributed by atoms with E-state index in [-0.39, 0.29) is 4.90 Å². The van der Waals surface area contributed by atoms with Crippen molar-refractivity contribution in [3.8, 4) is 0 Å². The van der Waals surface area contributed by atoms with Gasteiger partial charge in [-0.15, -0.1) is 0 Å². The van der Waals surface area contributed by atoms with E-state index in [1.807, 2.05) is 24.3 Å². The van der Waals surface area contributed by atoms with Gasteiger partial charge in [-0.25, -0.2) is 4.83 Å². The van der Waals surface area contributed by atoms with Crippen molar-refractivity contribution in [2.24, 2.45) is 5.10 Å². The highest BCUT2D eigenvalue weighted by Gasteiger charge is 2.10. The minimum atomic E-state index is -3.60. The summed E-state index contributed by atoms with van der Waals surface area (Å²) < 4.78 is 24.6. The molecule has 0 radical (unpaired) electrons. The van der Waals surface area contributed by atoms with Crippen molar-refractivity contribution in [1.29, 1.82) is 0 Å². The molecule has 0 aliphatic heterocycles. The van der Waals surface area contributed by atoms with Crippen LogP contribution in [-0.4, -0.2) is 14.6 Å². The normalized spacial score (nSPS) is 11.6. The van der Waals surface area contributed by atoms with E-state index < -0.39 is 10.0 Å². The van der Waals surface area contributed by atoms with Gasteiger partial charge in [0.15, 0.2) is 0 Å². The van der Waals surface area contributed by atoms with Gasteiger partial charge in [-0.3, -0.25) is 0 Å². The summed E-state index contributed by atoms with van der Waals surface area (Å²) in [5.74, 6) is 0. The number of nitrogens with one attached hydrogen (secondary N) is 1. The van der Waals surface area contributed by atoms with Gasteiger partial charge in [0.05, 0.1) is 11.1 Å². The Morgan fingerprint density at radius 2 is 1.63 bits per heavy atom. The Morgan fingerprint density at radius 1 is 1.00 bits per heavy atom. The molecular weight excluding hydrogens is 328 g/mol. The molecule has 19 heavy (non-hydrogen) atoms. The Kier molecular flexibility index (Phi) is 4.34. The van der Waals surface area contributed by atoms with Crippen molar-refractivity contribution >= 4 is 32.2 Å². The molecule has 0 unspecified atom stereocenters. The molecule has 0 amide bonds. The summed E-state index contributed by atoms with van der Waals surface area (Å²) in [5.41, 5.74) is 0.805. The van der Waals surface area contributed by atoms with Gasteiger partial charge in [0.2, 0.25) is 0 Å². The highest BCUT2D eigenvalue weighted by molar-refractivity contribution is 9.10. The number of rotatable bonds is 4. The van der Waals surface area contributed by atoms with Crippen molar-refractivity contribution in [3.63, 3.8) is 0 Å². The minimum absolute atomic E-state index is 0.183. The van der Waals surface area contributed by atoms with Gasteiger partial charge in [0, 0.05) is 4.47 Å². The quantitative estimate of drug-likeness (QED) is 0.688. The topological polar surface area (TPSA) is 58.5 Å². The summed E-state index contributed by atoms with van der Waals surface area (Å²) in [5, 5.41) is 3.74. The van der Waals surface area contributed by atoms with Crippen molar-refractivity contribution in [1.82, 2.24) is 4.83 Å². The first-order valence-corrected chi connectivity index (χ1v) is 7.71. The molecule has 0 aliphatic rings. The third-order valence-electron chi connectivity index (χ3n) is 2.31. The number of sulfonamides is 1. The predicted octanol–water partition coefficient (Wildman–Crippen LogP) is 2.76. The number of halogens is 1. The molecule has 1 N–H and O–H groups in total. The molecule has 0 atom stereocenters. The molecule has 4 nitrogen and oxygen atoms in total. The molecule has 2 rings (SSSR count). The van der Waals surface area contributed by atoms with Crippen LogP contribution >= 0.6 is 15.9 Å². The molecule has 0 bridgehead atoms. The Hall–Kier alpha value is -1.66. The molecule has 0 heterocycles. The Balaban J connectivity index is 2.08. The zero-order valence-corrected chi connectivity index (χ0v) is 12.2. The second-order valence-electron chi connectivity index (χ2n) is 3.72. The lowest BCUT2D eigenvalue weighted by atomic mass is 10.2. The highest BCUT2D eigenvalue weighted by Crippen LogP contribution is 2.09. The highest BCUT2D eigenvalue weighted by atomic mass is 79.9. The van der Waals surface area contributed by atoms with Crippen LogP contribution < -0.4 is 4.83 Å². The largest absolute Gasteiger partial charge is 0.276 e. The molecule has 0 saturated carbocycles. The fraction of sp³-hybridized carbons (Fsp3) is 0.